The van der Waals surface area contributed by atoms with E-state index in [1.165, 1.54) is 0 Å². The molecule has 0 aliphatic carbocycles. The van der Waals surface area contributed by atoms with Crippen molar-refractivity contribution in [2.24, 2.45) is 0 Å². The van der Waals surface area contributed by atoms with E-state index in [0.29, 0.717) is 31.8 Å². The lowest BCUT2D eigenvalue weighted by molar-refractivity contribution is -0.133. The summed E-state index contributed by atoms with van der Waals surface area (Å²) in [6, 6.07) is 11.4. The Kier molecular flexibility index (Phi) is 6.30. The van der Waals surface area contributed by atoms with E-state index in [1.807, 2.05) is 29.2 Å². The predicted octanol–water partition coefficient (Wildman–Crippen LogP) is 2.10. The van der Waals surface area contributed by atoms with Gasteiger partial charge in [0, 0.05) is 39.1 Å². The number of benzene rings is 1. The minimum Gasteiger partial charge on any atom is -0.497 e. The predicted molar refractivity (Wildman–Crippen MR) is 98.0 cm³/mol. The number of amides is 1. The van der Waals surface area contributed by atoms with E-state index in [9.17, 15) is 9.90 Å². The largest absolute Gasteiger partial charge is 0.497 e. The van der Waals surface area contributed by atoms with Gasteiger partial charge in [0.25, 0.3) is 0 Å². The topological polar surface area (TPSA) is 66.2 Å². The maximum absolute atomic E-state index is 12.4. The van der Waals surface area contributed by atoms with Crippen molar-refractivity contribution in [1.29, 1.82) is 0 Å². The summed E-state index contributed by atoms with van der Waals surface area (Å²) in [6.07, 6.45) is 2.20. The van der Waals surface area contributed by atoms with E-state index in [1.54, 1.807) is 25.5 Å². The van der Waals surface area contributed by atoms with Gasteiger partial charge in [-0.25, -0.2) is 0 Å². The second kappa shape index (κ2) is 8.87. The third kappa shape index (κ3) is 4.86. The van der Waals surface area contributed by atoms with Crippen LogP contribution >= 0.6 is 0 Å². The first-order valence-corrected chi connectivity index (χ1v) is 9.00. The van der Waals surface area contributed by atoms with E-state index >= 15 is 0 Å². The molecule has 6 heteroatoms. The minimum absolute atomic E-state index is 0.187. The average molecular weight is 358 g/mol. The van der Waals surface area contributed by atoms with Gasteiger partial charge in [0.2, 0.25) is 5.91 Å². The van der Waals surface area contributed by atoms with Crippen LogP contribution in [0.25, 0.3) is 0 Å². The Morgan fingerprint density at radius 2 is 1.92 bits per heavy atom. The van der Waals surface area contributed by atoms with Crippen molar-refractivity contribution >= 4 is 5.91 Å². The highest BCUT2D eigenvalue weighted by atomic mass is 16.5. The summed E-state index contributed by atoms with van der Waals surface area (Å²) in [4.78, 5) is 16.5. The highest BCUT2D eigenvalue weighted by Gasteiger charge is 2.23. The molecule has 0 radical (unpaired) electrons. The number of ether oxygens (including phenoxy) is 1. The van der Waals surface area contributed by atoms with Crippen LogP contribution in [-0.4, -0.2) is 60.6 Å². The number of piperazine rings is 1. The summed E-state index contributed by atoms with van der Waals surface area (Å²) in [5.41, 5.74) is 1.14. The van der Waals surface area contributed by atoms with Gasteiger partial charge >= 0.3 is 0 Å². The van der Waals surface area contributed by atoms with Crippen LogP contribution in [0.1, 0.15) is 23.8 Å². The van der Waals surface area contributed by atoms with Crippen LogP contribution < -0.4 is 4.74 Å². The third-order valence-electron chi connectivity index (χ3n) is 4.81. The van der Waals surface area contributed by atoms with E-state index in [0.717, 1.165) is 30.8 Å². The van der Waals surface area contributed by atoms with Gasteiger partial charge in [-0.3, -0.25) is 9.69 Å². The number of aliphatic hydroxyl groups excluding tert-OH is 1. The van der Waals surface area contributed by atoms with E-state index in [4.69, 9.17) is 9.15 Å². The first-order valence-electron chi connectivity index (χ1n) is 9.00. The molecule has 1 saturated heterocycles. The van der Waals surface area contributed by atoms with Crippen molar-refractivity contribution in [3.05, 3.63) is 54.0 Å². The molecule has 1 aromatic heterocycles. The van der Waals surface area contributed by atoms with Gasteiger partial charge in [0.1, 0.15) is 17.6 Å². The zero-order valence-electron chi connectivity index (χ0n) is 15.1. The Morgan fingerprint density at radius 1 is 1.19 bits per heavy atom. The van der Waals surface area contributed by atoms with Crippen molar-refractivity contribution in [3.8, 4) is 5.75 Å². The highest BCUT2D eigenvalue weighted by Crippen LogP contribution is 2.17. The summed E-state index contributed by atoms with van der Waals surface area (Å²) in [5, 5.41) is 10.2. The second-order valence-electron chi connectivity index (χ2n) is 6.56. The molecule has 140 valence electrons. The molecule has 0 bridgehead atoms. The Balaban J connectivity index is 1.40. The molecule has 3 rings (SSSR count). The molecular formula is C20H26N2O4. The first kappa shape index (κ1) is 18.5. The van der Waals surface area contributed by atoms with Crippen LogP contribution in [0.15, 0.2) is 47.1 Å². The second-order valence-corrected chi connectivity index (χ2v) is 6.56. The standard InChI is InChI=1S/C20H26N2O4/c1-25-17-7-4-16(5-8-17)6-9-20(24)22-12-10-21(11-13-22)15-18(23)19-3-2-14-26-19/h2-5,7-8,14,18,23H,6,9-13,15H2,1H3. The zero-order valence-corrected chi connectivity index (χ0v) is 15.1. The van der Waals surface area contributed by atoms with Gasteiger partial charge < -0.3 is 19.2 Å². The minimum atomic E-state index is -0.623. The maximum Gasteiger partial charge on any atom is 0.222 e. The average Bonchev–Trinajstić information content (AvgIpc) is 3.22. The van der Waals surface area contributed by atoms with Crippen LogP contribution in [0.3, 0.4) is 0 Å². The van der Waals surface area contributed by atoms with Gasteiger partial charge in [-0.05, 0) is 36.2 Å². The van der Waals surface area contributed by atoms with Gasteiger partial charge in [-0.1, -0.05) is 12.1 Å². The zero-order chi connectivity index (χ0) is 18.4. The number of furan rings is 1. The summed E-state index contributed by atoms with van der Waals surface area (Å²) < 4.78 is 10.4. The molecule has 1 N–H and O–H groups in total. The molecule has 2 heterocycles. The summed E-state index contributed by atoms with van der Waals surface area (Å²) in [7, 11) is 1.64. The molecule has 1 fully saturated rings. The molecule has 0 saturated carbocycles. The van der Waals surface area contributed by atoms with Crippen LogP contribution in [0, 0.1) is 0 Å². The number of carbonyl (C=O) groups is 1. The molecule has 6 nitrogen and oxygen atoms in total. The Hall–Kier alpha value is -2.31. The van der Waals surface area contributed by atoms with Gasteiger partial charge in [-0.2, -0.15) is 0 Å². The van der Waals surface area contributed by atoms with Crippen molar-refractivity contribution in [3.63, 3.8) is 0 Å². The first-order chi connectivity index (χ1) is 12.7. The number of aliphatic hydroxyl groups is 1. The molecule has 1 aliphatic rings. The lowest BCUT2D eigenvalue weighted by atomic mass is 10.1. The molecule has 1 atom stereocenters. The van der Waals surface area contributed by atoms with Crippen molar-refractivity contribution in [2.45, 2.75) is 18.9 Å². The number of aryl methyl sites for hydroxylation is 1. The van der Waals surface area contributed by atoms with Crippen LogP contribution in [-0.2, 0) is 11.2 Å². The van der Waals surface area contributed by atoms with E-state index in [-0.39, 0.29) is 5.91 Å². The Labute approximate surface area is 154 Å². The SMILES string of the molecule is COc1ccc(CCC(=O)N2CCN(CC(O)c3ccco3)CC2)cc1. The van der Waals surface area contributed by atoms with Gasteiger partial charge in [-0.15, -0.1) is 0 Å². The van der Waals surface area contributed by atoms with Crippen LogP contribution in [0.4, 0.5) is 0 Å². The maximum atomic E-state index is 12.4. The fraction of sp³-hybridized carbons (Fsp3) is 0.450. The van der Waals surface area contributed by atoms with Gasteiger partial charge in [0.05, 0.1) is 13.4 Å². The van der Waals surface area contributed by atoms with Crippen LogP contribution in [0.5, 0.6) is 5.75 Å². The molecule has 1 unspecified atom stereocenters. The number of methoxy groups -OCH3 is 1. The normalized spacial score (nSPS) is 16.5. The number of hydrogen-bond acceptors (Lipinski definition) is 5. The highest BCUT2D eigenvalue weighted by molar-refractivity contribution is 5.76. The lowest BCUT2D eigenvalue weighted by Crippen LogP contribution is -2.49. The fourth-order valence-corrected chi connectivity index (χ4v) is 3.20. The van der Waals surface area contributed by atoms with Crippen molar-refractivity contribution < 1.29 is 19.1 Å². The smallest absolute Gasteiger partial charge is 0.222 e. The number of β-amino-alcohol motifs (C(OH)–C–C–N with tert-alkyl or cyclic N) is 1. The van der Waals surface area contributed by atoms with Gasteiger partial charge in [0.15, 0.2) is 0 Å². The summed E-state index contributed by atoms with van der Waals surface area (Å²) in [5.74, 6) is 1.60. The molecule has 2 aromatic rings. The molecule has 1 aromatic carbocycles. The van der Waals surface area contributed by atoms with Crippen molar-refractivity contribution in [2.75, 3.05) is 39.8 Å². The molecule has 1 aliphatic heterocycles. The Bertz CT molecular complexity index is 676. The molecule has 0 spiro atoms. The lowest BCUT2D eigenvalue weighted by Gasteiger charge is -2.35. The number of nitrogens with zero attached hydrogens (tertiary/aromatic N) is 2. The van der Waals surface area contributed by atoms with E-state index in [2.05, 4.69) is 4.90 Å². The molecule has 26 heavy (non-hydrogen) atoms. The number of rotatable bonds is 7. The number of hydrogen-bond donors (Lipinski definition) is 1. The Morgan fingerprint density at radius 3 is 2.54 bits per heavy atom. The molecule has 1 amide bonds. The monoisotopic (exact) mass is 358 g/mol. The summed E-state index contributed by atoms with van der Waals surface area (Å²) in [6.45, 7) is 3.47. The third-order valence-corrected chi connectivity index (χ3v) is 4.81. The van der Waals surface area contributed by atoms with Crippen molar-refractivity contribution in [1.82, 2.24) is 9.80 Å². The molecular weight excluding hydrogens is 332 g/mol. The summed E-state index contributed by atoms with van der Waals surface area (Å²) >= 11 is 0. The van der Waals surface area contributed by atoms with E-state index < -0.39 is 6.10 Å². The quantitative estimate of drug-likeness (QED) is 0.821. The fourth-order valence-electron chi connectivity index (χ4n) is 3.20. The van der Waals surface area contributed by atoms with Crippen LogP contribution in [0.2, 0.25) is 0 Å². The number of carbonyl (C=O) groups excluding carboxylic acids is 1.